The van der Waals surface area contributed by atoms with Crippen molar-refractivity contribution in [1.29, 1.82) is 0 Å². The van der Waals surface area contributed by atoms with E-state index in [4.69, 9.17) is 9.47 Å². The van der Waals surface area contributed by atoms with Crippen LogP contribution in [-0.4, -0.2) is 47.6 Å². The molecule has 6 nitrogen and oxygen atoms in total. The number of aliphatic hydroxyl groups is 2. The van der Waals surface area contributed by atoms with Crippen molar-refractivity contribution in [2.24, 2.45) is 40.4 Å². The van der Waals surface area contributed by atoms with Gasteiger partial charge in [-0.2, -0.15) is 0 Å². The Morgan fingerprint density at radius 2 is 1.94 bits per heavy atom. The summed E-state index contributed by atoms with van der Waals surface area (Å²) in [7, 11) is 1.42. The quantitative estimate of drug-likeness (QED) is 0.656. The highest BCUT2D eigenvalue weighted by atomic mass is 16.5. The Morgan fingerprint density at radius 1 is 1.19 bits per heavy atom. The lowest BCUT2D eigenvalue weighted by atomic mass is 9.50. The molecule has 3 saturated carbocycles. The molecule has 10 atom stereocenters. The normalized spacial score (nSPS) is 47.9. The number of carbonyl (C=O) groups excluding carboxylic acids is 2. The van der Waals surface area contributed by atoms with Gasteiger partial charge in [-0.25, -0.2) is 0 Å². The fraction of sp³-hybridized carbons (Fsp3) is 0.920. The summed E-state index contributed by atoms with van der Waals surface area (Å²) >= 11 is 0. The van der Waals surface area contributed by atoms with Crippen molar-refractivity contribution in [3.63, 3.8) is 0 Å². The first-order valence-electron chi connectivity index (χ1n) is 12.2. The van der Waals surface area contributed by atoms with E-state index in [2.05, 4.69) is 20.8 Å². The predicted molar refractivity (Wildman–Crippen MR) is 115 cm³/mol. The number of aliphatic hydroxyl groups excluding tert-OH is 2. The van der Waals surface area contributed by atoms with Crippen molar-refractivity contribution >= 4 is 11.9 Å². The topological polar surface area (TPSA) is 93.1 Å². The van der Waals surface area contributed by atoms with Gasteiger partial charge >= 0.3 is 11.9 Å². The molecule has 4 fully saturated rings. The summed E-state index contributed by atoms with van der Waals surface area (Å²) < 4.78 is 11.0. The van der Waals surface area contributed by atoms with Gasteiger partial charge in [-0.1, -0.05) is 20.8 Å². The van der Waals surface area contributed by atoms with Gasteiger partial charge in [0.1, 0.15) is 6.10 Å². The van der Waals surface area contributed by atoms with Gasteiger partial charge in [0.15, 0.2) is 0 Å². The van der Waals surface area contributed by atoms with E-state index in [0.29, 0.717) is 25.7 Å². The molecule has 4 rings (SSSR count). The lowest BCUT2D eigenvalue weighted by Crippen LogP contribution is -2.58. The number of carbonyl (C=O) groups is 2. The molecule has 0 spiro atoms. The highest BCUT2D eigenvalue weighted by Gasteiger charge is 2.64. The number of methoxy groups -OCH3 is 1. The summed E-state index contributed by atoms with van der Waals surface area (Å²) in [6, 6.07) is 0. The van der Waals surface area contributed by atoms with Crippen molar-refractivity contribution in [1.82, 2.24) is 0 Å². The first-order chi connectivity index (χ1) is 14.6. The van der Waals surface area contributed by atoms with Gasteiger partial charge in [0.25, 0.3) is 0 Å². The Hall–Kier alpha value is -1.14. The molecule has 4 aliphatic rings. The second kappa shape index (κ2) is 8.33. The van der Waals surface area contributed by atoms with E-state index in [9.17, 15) is 19.8 Å². The zero-order valence-electron chi connectivity index (χ0n) is 19.5. The van der Waals surface area contributed by atoms with E-state index < -0.39 is 6.10 Å². The van der Waals surface area contributed by atoms with Gasteiger partial charge in [-0.15, -0.1) is 0 Å². The van der Waals surface area contributed by atoms with Crippen LogP contribution in [-0.2, 0) is 19.1 Å². The van der Waals surface area contributed by atoms with Crippen molar-refractivity contribution in [3.05, 3.63) is 0 Å². The molecule has 0 amide bonds. The maximum atomic E-state index is 12.8. The summed E-state index contributed by atoms with van der Waals surface area (Å²) in [4.78, 5) is 24.5. The lowest BCUT2D eigenvalue weighted by molar-refractivity contribution is -0.188. The van der Waals surface area contributed by atoms with Crippen LogP contribution in [0.4, 0.5) is 0 Å². The van der Waals surface area contributed by atoms with E-state index in [1.54, 1.807) is 0 Å². The molecule has 0 bridgehead atoms. The molecule has 31 heavy (non-hydrogen) atoms. The van der Waals surface area contributed by atoms with Gasteiger partial charge in [0, 0.05) is 30.1 Å². The van der Waals surface area contributed by atoms with Crippen LogP contribution < -0.4 is 0 Å². The van der Waals surface area contributed by atoms with Gasteiger partial charge < -0.3 is 19.7 Å². The predicted octanol–water partition coefficient (Wildman–Crippen LogP) is 3.47. The number of hydrogen-bond acceptors (Lipinski definition) is 6. The van der Waals surface area contributed by atoms with Crippen molar-refractivity contribution < 1.29 is 29.3 Å². The highest BCUT2D eigenvalue weighted by Crippen LogP contribution is 2.65. The Kier molecular flexibility index (Phi) is 6.19. The number of fused-ring (bicyclic) bond motifs is 5. The first kappa shape index (κ1) is 23.0. The van der Waals surface area contributed by atoms with Gasteiger partial charge in [0.2, 0.25) is 0 Å². The first-order valence-corrected chi connectivity index (χ1v) is 12.2. The Labute approximate surface area is 186 Å². The Morgan fingerprint density at radius 3 is 2.65 bits per heavy atom. The number of hydrogen-bond donors (Lipinski definition) is 2. The molecule has 3 aliphatic carbocycles. The number of ether oxygens (including phenoxy) is 2. The van der Waals surface area contributed by atoms with Crippen LogP contribution in [0.25, 0.3) is 0 Å². The Bertz CT molecular complexity index is 708. The fourth-order valence-electron chi connectivity index (χ4n) is 8.14. The molecule has 1 aliphatic heterocycles. The third-order valence-electron chi connectivity index (χ3n) is 10.1. The molecule has 0 aromatic carbocycles. The van der Waals surface area contributed by atoms with Crippen LogP contribution in [0.2, 0.25) is 0 Å². The molecule has 2 N–H and O–H groups in total. The molecule has 0 aromatic heterocycles. The summed E-state index contributed by atoms with van der Waals surface area (Å²) in [6.45, 7) is 6.64. The average Bonchev–Trinajstić information content (AvgIpc) is 3.04. The minimum Gasteiger partial charge on any atom is -0.469 e. The lowest BCUT2D eigenvalue weighted by Gasteiger charge is -2.57. The van der Waals surface area contributed by atoms with Crippen LogP contribution in [0, 0.1) is 40.4 Å². The van der Waals surface area contributed by atoms with Crippen molar-refractivity contribution in [3.8, 4) is 0 Å². The minimum absolute atomic E-state index is 0.0903. The maximum Gasteiger partial charge on any atom is 0.306 e. The summed E-state index contributed by atoms with van der Waals surface area (Å²) in [6.07, 6.45) is 5.43. The van der Waals surface area contributed by atoms with Crippen LogP contribution >= 0.6 is 0 Å². The number of rotatable bonds is 4. The van der Waals surface area contributed by atoms with E-state index in [-0.39, 0.29) is 64.6 Å². The fourth-order valence-corrected chi connectivity index (χ4v) is 8.14. The van der Waals surface area contributed by atoms with Gasteiger partial charge in [-0.3, -0.25) is 9.59 Å². The molecule has 1 heterocycles. The van der Waals surface area contributed by atoms with Crippen molar-refractivity contribution in [2.45, 2.75) is 96.9 Å². The van der Waals surface area contributed by atoms with Crippen LogP contribution in [0.1, 0.15) is 78.6 Å². The monoisotopic (exact) mass is 436 g/mol. The van der Waals surface area contributed by atoms with Gasteiger partial charge in [0.05, 0.1) is 19.3 Å². The molecule has 1 saturated heterocycles. The molecule has 176 valence electrons. The van der Waals surface area contributed by atoms with Crippen LogP contribution in [0.5, 0.6) is 0 Å². The second-order valence-electron chi connectivity index (χ2n) is 11.4. The van der Waals surface area contributed by atoms with E-state index in [1.165, 1.54) is 7.11 Å². The molecule has 0 aromatic rings. The van der Waals surface area contributed by atoms with Gasteiger partial charge in [-0.05, 0) is 68.1 Å². The third kappa shape index (κ3) is 3.72. The molecule has 0 unspecified atom stereocenters. The Balaban J connectivity index is 1.60. The molecule has 6 heteroatoms. The highest BCUT2D eigenvalue weighted by molar-refractivity contribution is 5.70. The molecule has 0 radical (unpaired) electrons. The smallest absolute Gasteiger partial charge is 0.306 e. The summed E-state index contributed by atoms with van der Waals surface area (Å²) in [5, 5.41) is 21.8. The zero-order chi connectivity index (χ0) is 22.6. The minimum atomic E-state index is -0.451. The van der Waals surface area contributed by atoms with E-state index in [0.717, 1.165) is 32.1 Å². The summed E-state index contributed by atoms with van der Waals surface area (Å²) in [5.41, 5.74) is -0.408. The largest absolute Gasteiger partial charge is 0.469 e. The SMILES string of the molecule is COC(=O)CC[C@@H](C)[C@H]1CC[C@H]2[C@@H]3OC(=O)C[C@@H]4C[C@H](O)CC[C@]4(C)[C@H]3C[C@H](O)[C@]12C. The second-order valence-corrected chi connectivity index (χ2v) is 11.4. The van der Waals surface area contributed by atoms with E-state index in [1.807, 2.05) is 0 Å². The summed E-state index contributed by atoms with van der Waals surface area (Å²) in [5.74, 6) is 0.635. The average molecular weight is 437 g/mol. The standard InChI is InChI=1S/C25H40O6/c1-14(5-8-21(28)30-4)17-6-7-18-23-19(13-20(27)25(17,18)3)24(2)10-9-16(26)11-15(24)12-22(29)31-23/h14-20,23,26-27H,5-13H2,1-4H3/t14-,15+,16-,17-,18+,19+,20+,23+,24+,25-/m1/s1. The molecular weight excluding hydrogens is 396 g/mol. The third-order valence-corrected chi connectivity index (χ3v) is 10.1. The maximum absolute atomic E-state index is 12.8. The van der Waals surface area contributed by atoms with Crippen LogP contribution in [0.15, 0.2) is 0 Å². The van der Waals surface area contributed by atoms with Crippen molar-refractivity contribution in [2.75, 3.05) is 7.11 Å². The molecular formula is C25H40O6. The van der Waals surface area contributed by atoms with Crippen LogP contribution in [0.3, 0.4) is 0 Å². The number of esters is 2. The van der Waals surface area contributed by atoms with E-state index >= 15 is 0 Å². The zero-order valence-corrected chi connectivity index (χ0v) is 19.5.